The van der Waals surface area contributed by atoms with Gasteiger partial charge in [0.2, 0.25) is 0 Å². The fourth-order valence-electron chi connectivity index (χ4n) is 0.895. The number of hydrogen-bond donors (Lipinski definition) is 1. The van der Waals surface area contributed by atoms with Crippen LogP contribution in [0.1, 0.15) is 5.56 Å². The van der Waals surface area contributed by atoms with Crippen LogP contribution < -0.4 is 56.8 Å². The third-order valence-electron chi connectivity index (χ3n) is 1.51. The summed E-state index contributed by atoms with van der Waals surface area (Å²) >= 11 is 3.89. The largest absolute Gasteiger partial charge is 1.00 e. The Morgan fingerprint density at radius 3 is 2.31 bits per heavy atom. The fourth-order valence-corrected chi connectivity index (χ4v) is 1.09. The molecular formula is C7H7BF3KS. The molecule has 0 saturated carbocycles. The minimum Gasteiger partial charge on any atom is -0.445 e. The summed E-state index contributed by atoms with van der Waals surface area (Å²) < 4.78 is 36.4. The van der Waals surface area contributed by atoms with Gasteiger partial charge >= 0.3 is 58.4 Å². The molecule has 0 amide bonds. The molecule has 0 aliphatic heterocycles. The van der Waals surface area contributed by atoms with E-state index in [0.717, 1.165) is 12.1 Å². The summed E-state index contributed by atoms with van der Waals surface area (Å²) in [5.74, 6) is 0.333. The summed E-state index contributed by atoms with van der Waals surface area (Å²) in [5.41, 5.74) is 0.0385. The first-order valence-corrected chi connectivity index (χ1v) is 4.07. The molecule has 0 atom stereocenters. The van der Waals surface area contributed by atoms with Crippen LogP contribution >= 0.6 is 12.6 Å². The molecular weight excluding hydrogens is 223 g/mol. The number of halogens is 3. The van der Waals surface area contributed by atoms with Gasteiger partial charge in [-0.1, -0.05) is 24.3 Å². The number of hydrogen-bond acceptors (Lipinski definition) is 1. The van der Waals surface area contributed by atoms with Crippen molar-refractivity contribution in [2.24, 2.45) is 0 Å². The third kappa shape index (κ3) is 4.40. The van der Waals surface area contributed by atoms with Gasteiger partial charge in [0.15, 0.2) is 0 Å². The van der Waals surface area contributed by atoms with Gasteiger partial charge < -0.3 is 12.9 Å². The average Bonchev–Trinajstić information content (AvgIpc) is 2.03. The second-order valence-corrected chi connectivity index (χ2v) is 2.79. The van der Waals surface area contributed by atoms with Gasteiger partial charge in [-0.05, 0) is 5.56 Å². The van der Waals surface area contributed by atoms with Crippen molar-refractivity contribution in [2.75, 3.05) is 0 Å². The zero-order valence-corrected chi connectivity index (χ0v) is 11.2. The molecule has 1 aromatic carbocycles. The topological polar surface area (TPSA) is 0 Å². The minimum atomic E-state index is -4.86. The van der Waals surface area contributed by atoms with Gasteiger partial charge in [0.05, 0.1) is 0 Å². The van der Waals surface area contributed by atoms with Gasteiger partial charge in [0, 0.05) is 5.75 Å². The van der Waals surface area contributed by atoms with Gasteiger partial charge in [-0.15, -0.1) is 5.46 Å². The maximum Gasteiger partial charge on any atom is 1.00 e. The summed E-state index contributed by atoms with van der Waals surface area (Å²) in [5, 5.41) is 0. The second-order valence-electron chi connectivity index (χ2n) is 2.48. The van der Waals surface area contributed by atoms with E-state index >= 15 is 0 Å². The Labute approximate surface area is 123 Å². The van der Waals surface area contributed by atoms with E-state index in [-0.39, 0.29) is 51.4 Å². The van der Waals surface area contributed by atoms with Crippen LogP contribution in [0.2, 0.25) is 0 Å². The predicted octanol–water partition coefficient (Wildman–Crippen LogP) is -0.825. The smallest absolute Gasteiger partial charge is 0.445 e. The molecule has 66 valence electrons. The molecule has 0 fully saturated rings. The normalized spacial score (nSPS) is 10.8. The van der Waals surface area contributed by atoms with E-state index in [2.05, 4.69) is 12.6 Å². The molecule has 0 unspecified atom stereocenters. The first kappa shape index (κ1) is 14.1. The molecule has 0 N–H and O–H groups in total. The van der Waals surface area contributed by atoms with Crippen molar-refractivity contribution >= 4 is 25.1 Å². The maximum atomic E-state index is 12.1. The van der Waals surface area contributed by atoms with Crippen molar-refractivity contribution in [3.8, 4) is 0 Å². The Bertz CT molecular complexity index is 277. The Morgan fingerprint density at radius 2 is 1.85 bits per heavy atom. The first-order valence-electron chi connectivity index (χ1n) is 3.43. The van der Waals surface area contributed by atoms with Crippen molar-refractivity contribution < 1.29 is 64.3 Å². The van der Waals surface area contributed by atoms with Gasteiger partial charge in [0.25, 0.3) is 0 Å². The van der Waals surface area contributed by atoms with Crippen molar-refractivity contribution in [1.82, 2.24) is 0 Å². The monoisotopic (exact) mass is 230 g/mol. The van der Waals surface area contributed by atoms with Crippen LogP contribution in [0.5, 0.6) is 0 Å². The number of thiol groups is 1. The fraction of sp³-hybridized carbons (Fsp3) is 0.143. The van der Waals surface area contributed by atoms with Crippen LogP contribution in [-0.4, -0.2) is 6.98 Å². The van der Waals surface area contributed by atoms with Crippen LogP contribution in [0.3, 0.4) is 0 Å². The van der Waals surface area contributed by atoms with Crippen LogP contribution in [0, 0.1) is 0 Å². The van der Waals surface area contributed by atoms with Crippen molar-refractivity contribution in [2.45, 2.75) is 5.75 Å². The molecule has 0 aromatic heterocycles. The van der Waals surface area contributed by atoms with Gasteiger partial charge in [-0.3, -0.25) is 0 Å². The van der Waals surface area contributed by atoms with E-state index in [4.69, 9.17) is 0 Å². The minimum absolute atomic E-state index is 0. The second kappa shape index (κ2) is 5.82. The molecule has 0 bridgehead atoms. The maximum absolute atomic E-state index is 12.1. The van der Waals surface area contributed by atoms with E-state index in [0.29, 0.717) is 11.3 Å². The summed E-state index contributed by atoms with van der Waals surface area (Å²) in [4.78, 5) is 0. The SMILES string of the molecule is F[B-](F)(F)c1cccc(CS)c1.[K+]. The molecule has 0 aliphatic rings. The van der Waals surface area contributed by atoms with Gasteiger partial charge in [0.1, 0.15) is 0 Å². The average molecular weight is 230 g/mol. The first-order chi connectivity index (χ1) is 5.54. The summed E-state index contributed by atoms with van der Waals surface area (Å²) in [6.07, 6.45) is 0. The van der Waals surface area contributed by atoms with Crippen molar-refractivity contribution in [1.29, 1.82) is 0 Å². The summed E-state index contributed by atoms with van der Waals surface area (Å²) in [7, 11) is 0. The Kier molecular flexibility index (Phi) is 6.30. The molecule has 6 heteroatoms. The summed E-state index contributed by atoms with van der Waals surface area (Å²) in [6, 6.07) is 5.23. The van der Waals surface area contributed by atoms with Gasteiger partial charge in [-0.2, -0.15) is 12.6 Å². The van der Waals surface area contributed by atoms with Crippen molar-refractivity contribution in [3.63, 3.8) is 0 Å². The summed E-state index contributed by atoms with van der Waals surface area (Å²) in [6.45, 7) is -4.86. The molecule has 1 rings (SSSR count). The van der Waals surface area contributed by atoms with Crippen LogP contribution in [0.15, 0.2) is 24.3 Å². The van der Waals surface area contributed by atoms with Crippen molar-refractivity contribution in [3.05, 3.63) is 29.8 Å². The van der Waals surface area contributed by atoms with Gasteiger partial charge in [-0.25, -0.2) is 0 Å². The van der Waals surface area contributed by atoms with Crippen LogP contribution in [0.4, 0.5) is 12.9 Å². The number of benzene rings is 1. The van der Waals surface area contributed by atoms with E-state index < -0.39 is 12.4 Å². The quantitative estimate of drug-likeness (QED) is 0.498. The third-order valence-corrected chi connectivity index (χ3v) is 1.88. The molecule has 13 heavy (non-hydrogen) atoms. The molecule has 0 heterocycles. The number of rotatable bonds is 2. The van der Waals surface area contributed by atoms with Crippen LogP contribution in [0.25, 0.3) is 0 Å². The molecule has 0 saturated heterocycles. The standard InChI is InChI=1S/C7H7BF3S.K/c9-8(10,11)7-3-1-2-6(4-7)5-12;/h1-4,12H,5H2;/q-1;+1. The van der Waals surface area contributed by atoms with E-state index in [1.54, 1.807) is 6.07 Å². The predicted molar refractivity (Wildman–Crippen MR) is 47.8 cm³/mol. The zero-order valence-electron chi connectivity index (χ0n) is 7.17. The van der Waals surface area contributed by atoms with E-state index in [1.165, 1.54) is 6.07 Å². The molecule has 0 nitrogen and oxygen atoms in total. The Balaban J connectivity index is 0.00000144. The molecule has 0 radical (unpaired) electrons. The zero-order chi connectivity index (χ0) is 9.19. The molecule has 0 aliphatic carbocycles. The van der Waals surface area contributed by atoms with E-state index in [9.17, 15) is 12.9 Å². The van der Waals surface area contributed by atoms with E-state index in [1.807, 2.05) is 0 Å². The Hall–Kier alpha value is 1.06. The van der Waals surface area contributed by atoms with Crippen LogP contribution in [-0.2, 0) is 5.75 Å². The molecule has 0 spiro atoms. The molecule has 1 aromatic rings. The Morgan fingerprint density at radius 1 is 1.23 bits per heavy atom.